The van der Waals surface area contributed by atoms with Crippen LogP contribution in [0.1, 0.15) is 5.69 Å². The molecule has 0 aliphatic carbocycles. The molecule has 1 aromatic heterocycles. The van der Waals surface area contributed by atoms with Gasteiger partial charge in [-0.3, -0.25) is 9.59 Å². The highest BCUT2D eigenvalue weighted by Gasteiger charge is 2.09. The van der Waals surface area contributed by atoms with E-state index >= 15 is 0 Å². The van der Waals surface area contributed by atoms with Crippen LogP contribution in [-0.2, 0) is 16.0 Å². The molecule has 2 N–H and O–H groups in total. The normalized spacial score (nSPS) is 10.3. The lowest BCUT2D eigenvalue weighted by atomic mass is 10.3. The maximum absolute atomic E-state index is 13.0. The van der Waals surface area contributed by atoms with Gasteiger partial charge in [-0.1, -0.05) is 17.8 Å². The van der Waals surface area contributed by atoms with Crippen molar-refractivity contribution < 1.29 is 19.1 Å². The Kier molecular flexibility index (Phi) is 5.29. The van der Waals surface area contributed by atoms with E-state index in [4.69, 9.17) is 5.11 Å². The number of benzene rings is 1. The summed E-state index contributed by atoms with van der Waals surface area (Å²) in [6, 6.07) is 5.64. The zero-order valence-electron chi connectivity index (χ0n) is 10.7. The molecule has 21 heavy (non-hydrogen) atoms. The average molecular weight is 326 g/mol. The summed E-state index contributed by atoms with van der Waals surface area (Å²) in [7, 11) is 0. The van der Waals surface area contributed by atoms with Gasteiger partial charge in [0.2, 0.25) is 5.91 Å². The van der Waals surface area contributed by atoms with Crippen LogP contribution in [0, 0.1) is 5.82 Å². The summed E-state index contributed by atoms with van der Waals surface area (Å²) in [6.07, 6.45) is -0.132. The number of amides is 1. The van der Waals surface area contributed by atoms with Gasteiger partial charge >= 0.3 is 5.97 Å². The van der Waals surface area contributed by atoms with Gasteiger partial charge in [0, 0.05) is 11.1 Å². The molecule has 0 aliphatic rings. The molecule has 0 bridgehead atoms. The van der Waals surface area contributed by atoms with Crippen LogP contribution in [-0.4, -0.2) is 27.7 Å². The van der Waals surface area contributed by atoms with Crippen molar-refractivity contribution in [2.45, 2.75) is 10.8 Å². The third-order valence-electron chi connectivity index (χ3n) is 2.30. The Morgan fingerprint density at radius 2 is 2.24 bits per heavy atom. The van der Waals surface area contributed by atoms with Gasteiger partial charge in [-0.05, 0) is 18.2 Å². The SMILES string of the molecule is O=C(O)Cc1csc(SCC(=O)Nc2cccc(F)c2)n1. The second-order valence-electron chi connectivity index (χ2n) is 4.02. The van der Waals surface area contributed by atoms with E-state index in [1.165, 1.54) is 41.3 Å². The number of carboxylic acid groups (broad SMARTS) is 1. The summed E-state index contributed by atoms with van der Waals surface area (Å²) in [6.45, 7) is 0. The Morgan fingerprint density at radius 3 is 2.95 bits per heavy atom. The lowest BCUT2D eigenvalue weighted by Crippen LogP contribution is -2.14. The van der Waals surface area contributed by atoms with E-state index in [9.17, 15) is 14.0 Å². The number of carbonyl (C=O) groups is 2. The number of nitrogens with zero attached hydrogens (tertiary/aromatic N) is 1. The summed E-state index contributed by atoms with van der Waals surface area (Å²) in [5.41, 5.74) is 0.867. The second kappa shape index (κ2) is 7.19. The van der Waals surface area contributed by atoms with Crippen LogP contribution in [0.2, 0.25) is 0 Å². The van der Waals surface area contributed by atoms with Crippen LogP contribution in [0.15, 0.2) is 34.0 Å². The molecule has 8 heteroatoms. The number of thiazole rings is 1. The van der Waals surface area contributed by atoms with Gasteiger partial charge in [-0.15, -0.1) is 11.3 Å². The number of nitrogens with one attached hydrogen (secondary N) is 1. The minimum Gasteiger partial charge on any atom is -0.481 e. The number of carbonyl (C=O) groups excluding carboxylic acids is 1. The third kappa shape index (κ3) is 5.16. The van der Waals surface area contributed by atoms with Gasteiger partial charge in [0.1, 0.15) is 5.82 Å². The molecule has 1 aromatic carbocycles. The van der Waals surface area contributed by atoms with E-state index in [0.717, 1.165) is 0 Å². The molecule has 0 saturated heterocycles. The van der Waals surface area contributed by atoms with E-state index in [1.807, 2.05) is 0 Å². The average Bonchev–Trinajstić information content (AvgIpc) is 2.83. The van der Waals surface area contributed by atoms with Crippen molar-refractivity contribution in [1.82, 2.24) is 4.98 Å². The Bertz CT molecular complexity index is 660. The first kappa shape index (κ1) is 15.5. The summed E-state index contributed by atoms with van der Waals surface area (Å²) in [4.78, 5) is 26.4. The molecule has 0 unspecified atom stereocenters. The Labute approximate surface area is 128 Å². The van der Waals surface area contributed by atoms with Crippen molar-refractivity contribution in [3.8, 4) is 0 Å². The molecule has 0 aliphatic heterocycles. The standard InChI is InChI=1S/C13H11FN2O3S2/c14-8-2-1-3-9(4-8)15-11(17)7-21-13-16-10(6-20-13)5-12(18)19/h1-4,6H,5,7H2,(H,15,17)(H,18,19). The van der Waals surface area contributed by atoms with Crippen LogP contribution >= 0.6 is 23.1 Å². The fourth-order valence-corrected chi connectivity index (χ4v) is 3.13. The topological polar surface area (TPSA) is 79.3 Å². The number of hydrogen-bond acceptors (Lipinski definition) is 5. The van der Waals surface area contributed by atoms with E-state index in [0.29, 0.717) is 15.7 Å². The Hall–Kier alpha value is -1.93. The highest BCUT2D eigenvalue weighted by Crippen LogP contribution is 2.23. The van der Waals surface area contributed by atoms with Gasteiger partial charge in [0.25, 0.3) is 0 Å². The first-order valence-corrected chi connectivity index (χ1v) is 7.74. The molecule has 1 heterocycles. The molecular weight excluding hydrogens is 315 g/mol. The molecular formula is C13H11FN2O3S2. The number of halogens is 1. The van der Waals surface area contributed by atoms with Crippen molar-refractivity contribution in [2.75, 3.05) is 11.1 Å². The van der Waals surface area contributed by atoms with Gasteiger partial charge in [-0.2, -0.15) is 0 Å². The summed E-state index contributed by atoms with van der Waals surface area (Å²) in [5.74, 6) is -1.52. The maximum Gasteiger partial charge on any atom is 0.309 e. The first-order chi connectivity index (χ1) is 10.0. The second-order valence-corrected chi connectivity index (χ2v) is 6.10. The molecule has 0 fully saturated rings. The first-order valence-electron chi connectivity index (χ1n) is 5.87. The molecule has 2 rings (SSSR count). The zero-order chi connectivity index (χ0) is 15.2. The van der Waals surface area contributed by atoms with Gasteiger partial charge < -0.3 is 10.4 Å². The molecule has 0 spiro atoms. The summed E-state index contributed by atoms with van der Waals surface area (Å²) in [5, 5.41) is 12.9. The number of thioether (sulfide) groups is 1. The van der Waals surface area contributed by atoms with Gasteiger partial charge in [0.05, 0.1) is 17.9 Å². The van der Waals surface area contributed by atoms with Crippen molar-refractivity contribution in [3.05, 3.63) is 41.2 Å². The monoisotopic (exact) mass is 326 g/mol. The fourth-order valence-electron chi connectivity index (χ4n) is 1.48. The lowest BCUT2D eigenvalue weighted by molar-refractivity contribution is -0.136. The number of aromatic nitrogens is 1. The van der Waals surface area contributed by atoms with Gasteiger partial charge in [-0.25, -0.2) is 9.37 Å². The van der Waals surface area contributed by atoms with Crippen molar-refractivity contribution >= 4 is 40.7 Å². The molecule has 0 radical (unpaired) electrons. The van der Waals surface area contributed by atoms with E-state index in [-0.39, 0.29) is 18.1 Å². The van der Waals surface area contributed by atoms with Crippen LogP contribution in [0.3, 0.4) is 0 Å². The van der Waals surface area contributed by atoms with E-state index in [2.05, 4.69) is 10.3 Å². The van der Waals surface area contributed by atoms with Crippen LogP contribution < -0.4 is 5.32 Å². The summed E-state index contributed by atoms with van der Waals surface area (Å²) < 4.78 is 13.6. The predicted octanol–water partition coefficient (Wildman–Crippen LogP) is 2.64. The highest BCUT2D eigenvalue weighted by atomic mass is 32.2. The molecule has 2 aromatic rings. The Balaban J connectivity index is 1.83. The van der Waals surface area contributed by atoms with Gasteiger partial charge in [0.15, 0.2) is 4.34 Å². The quantitative estimate of drug-likeness (QED) is 0.798. The summed E-state index contributed by atoms with van der Waals surface area (Å²) >= 11 is 2.50. The van der Waals surface area contributed by atoms with Crippen LogP contribution in [0.5, 0.6) is 0 Å². The Morgan fingerprint density at radius 1 is 1.43 bits per heavy atom. The van der Waals surface area contributed by atoms with E-state index < -0.39 is 11.8 Å². The number of rotatable bonds is 6. The number of hydrogen-bond donors (Lipinski definition) is 2. The largest absolute Gasteiger partial charge is 0.481 e. The van der Waals surface area contributed by atoms with Crippen molar-refractivity contribution in [3.63, 3.8) is 0 Å². The molecule has 1 amide bonds. The zero-order valence-corrected chi connectivity index (χ0v) is 12.3. The van der Waals surface area contributed by atoms with E-state index in [1.54, 1.807) is 11.4 Å². The minimum atomic E-state index is -0.944. The minimum absolute atomic E-state index is 0.122. The number of aliphatic carboxylic acids is 1. The smallest absolute Gasteiger partial charge is 0.309 e. The molecule has 0 atom stereocenters. The lowest BCUT2D eigenvalue weighted by Gasteiger charge is -2.03. The van der Waals surface area contributed by atoms with Crippen LogP contribution in [0.25, 0.3) is 0 Å². The molecule has 0 saturated carbocycles. The van der Waals surface area contributed by atoms with Crippen LogP contribution in [0.4, 0.5) is 10.1 Å². The molecule has 110 valence electrons. The fraction of sp³-hybridized carbons (Fsp3) is 0.154. The third-order valence-corrected chi connectivity index (χ3v) is 4.37. The van der Waals surface area contributed by atoms with Crippen molar-refractivity contribution in [2.24, 2.45) is 0 Å². The van der Waals surface area contributed by atoms with Crippen molar-refractivity contribution in [1.29, 1.82) is 0 Å². The number of carboxylic acids is 1. The highest BCUT2D eigenvalue weighted by molar-refractivity contribution is 8.01. The number of anilines is 1. The predicted molar refractivity (Wildman–Crippen MR) is 79.2 cm³/mol. The maximum atomic E-state index is 13.0. The molecule has 5 nitrogen and oxygen atoms in total.